The molecule has 1 aliphatic carbocycles. The van der Waals surface area contributed by atoms with E-state index < -0.39 is 0 Å². The van der Waals surface area contributed by atoms with Gasteiger partial charge in [0.1, 0.15) is 0 Å². The molecule has 2 N–H and O–H groups in total. The monoisotopic (exact) mass is 325 g/mol. The molecule has 2 heterocycles. The summed E-state index contributed by atoms with van der Waals surface area (Å²) in [5.41, 5.74) is 2.19. The van der Waals surface area contributed by atoms with Crippen LogP contribution in [-0.4, -0.2) is 41.0 Å². The Balaban J connectivity index is 1.29. The number of rotatable bonds is 4. The highest BCUT2D eigenvalue weighted by Crippen LogP contribution is 2.26. The zero-order chi connectivity index (χ0) is 16.4. The third-order valence-corrected chi connectivity index (χ3v) is 5.76. The van der Waals surface area contributed by atoms with Crippen molar-refractivity contribution in [3.63, 3.8) is 0 Å². The molecule has 1 saturated heterocycles. The maximum atomic E-state index is 12.4. The summed E-state index contributed by atoms with van der Waals surface area (Å²) in [6, 6.07) is 9.33. The molecule has 1 aromatic carbocycles. The van der Waals surface area contributed by atoms with Crippen LogP contribution in [0.4, 0.5) is 0 Å². The third-order valence-electron chi connectivity index (χ3n) is 5.76. The van der Waals surface area contributed by atoms with Crippen LogP contribution in [0.25, 0.3) is 10.9 Å². The summed E-state index contributed by atoms with van der Waals surface area (Å²) in [4.78, 5) is 18.3. The molecule has 2 fully saturated rings. The highest BCUT2D eigenvalue weighted by atomic mass is 16.1. The topological polar surface area (TPSA) is 48.1 Å². The van der Waals surface area contributed by atoms with Crippen molar-refractivity contribution in [1.29, 1.82) is 0 Å². The second-order valence-corrected chi connectivity index (χ2v) is 7.35. The van der Waals surface area contributed by atoms with Gasteiger partial charge in [0.15, 0.2) is 0 Å². The second-order valence-electron chi connectivity index (χ2n) is 7.35. The quantitative estimate of drug-likeness (QED) is 0.906. The predicted molar refractivity (Wildman–Crippen MR) is 97.0 cm³/mol. The summed E-state index contributed by atoms with van der Waals surface area (Å²) in [6.45, 7) is 2.28. The summed E-state index contributed by atoms with van der Waals surface area (Å²) in [7, 11) is 0. The van der Waals surface area contributed by atoms with Gasteiger partial charge in [0, 0.05) is 42.3 Å². The number of nitrogens with zero attached hydrogens (tertiary/aromatic N) is 1. The number of H-pyrrole nitrogens is 1. The second kappa shape index (κ2) is 6.98. The van der Waals surface area contributed by atoms with Crippen molar-refractivity contribution in [1.82, 2.24) is 15.2 Å². The van der Waals surface area contributed by atoms with E-state index in [0.717, 1.165) is 48.4 Å². The molecule has 4 nitrogen and oxygen atoms in total. The minimum Gasteiger partial charge on any atom is -0.361 e. The van der Waals surface area contributed by atoms with E-state index in [4.69, 9.17) is 0 Å². The summed E-state index contributed by atoms with van der Waals surface area (Å²) >= 11 is 0. The van der Waals surface area contributed by atoms with E-state index in [-0.39, 0.29) is 5.91 Å². The molecular formula is C20H27N3O. The summed E-state index contributed by atoms with van der Waals surface area (Å²) < 4.78 is 0. The molecule has 1 amide bonds. The number of fused-ring (bicyclic) bond motifs is 1. The fourth-order valence-corrected chi connectivity index (χ4v) is 4.41. The van der Waals surface area contributed by atoms with Crippen molar-refractivity contribution in [2.45, 2.75) is 57.0 Å². The van der Waals surface area contributed by atoms with Gasteiger partial charge in [-0.2, -0.15) is 0 Å². The lowest BCUT2D eigenvalue weighted by atomic mass is 10.0. The maximum absolute atomic E-state index is 12.4. The molecule has 0 unspecified atom stereocenters. The van der Waals surface area contributed by atoms with E-state index in [1.54, 1.807) is 0 Å². The highest BCUT2D eigenvalue weighted by Gasteiger charge is 2.27. The molecule has 2 aliphatic rings. The van der Waals surface area contributed by atoms with Crippen molar-refractivity contribution in [3.8, 4) is 0 Å². The zero-order valence-corrected chi connectivity index (χ0v) is 14.3. The summed E-state index contributed by atoms with van der Waals surface area (Å²) in [5, 5.41) is 4.41. The summed E-state index contributed by atoms with van der Waals surface area (Å²) in [5.74, 6) is 0.152. The standard InChI is InChI=1S/C20H27N3O/c24-20(13-15-14-21-19-8-4-3-7-18(15)19)22-16-9-11-23(12-10-16)17-5-1-2-6-17/h3-4,7-8,14,16-17,21H,1-2,5-6,9-13H2,(H,22,24). The van der Waals surface area contributed by atoms with E-state index in [2.05, 4.69) is 27.3 Å². The molecule has 0 atom stereocenters. The van der Waals surface area contributed by atoms with Gasteiger partial charge in [-0.3, -0.25) is 4.79 Å². The largest absolute Gasteiger partial charge is 0.361 e. The van der Waals surface area contributed by atoms with Crippen molar-refractivity contribution in [2.24, 2.45) is 0 Å². The lowest BCUT2D eigenvalue weighted by Crippen LogP contribution is -2.47. The average molecular weight is 325 g/mol. The van der Waals surface area contributed by atoms with E-state index in [1.165, 1.54) is 25.7 Å². The van der Waals surface area contributed by atoms with Gasteiger partial charge in [0.2, 0.25) is 5.91 Å². The highest BCUT2D eigenvalue weighted by molar-refractivity contribution is 5.88. The fraction of sp³-hybridized carbons (Fsp3) is 0.550. The van der Waals surface area contributed by atoms with Crippen LogP contribution in [0.1, 0.15) is 44.1 Å². The van der Waals surface area contributed by atoms with Gasteiger partial charge in [0.25, 0.3) is 0 Å². The van der Waals surface area contributed by atoms with Crippen LogP contribution >= 0.6 is 0 Å². The first kappa shape index (κ1) is 15.7. The molecule has 1 saturated carbocycles. The van der Waals surface area contributed by atoms with Crippen LogP contribution in [0.5, 0.6) is 0 Å². The predicted octanol–water partition coefficient (Wildman–Crippen LogP) is 3.23. The van der Waals surface area contributed by atoms with Gasteiger partial charge in [0.05, 0.1) is 6.42 Å². The van der Waals surface area contributed by atoms with Crippen LogP contribution < -0.4 is 5.32 Å². The van der Waals surface area contributed by atoms with Crippen LogP contribution in [0.3, 0.4) is 0 Å². The van der Waals surface area contributed by atoms with E-state index >= 15 is 0 Å². The Hall–Kier alpha value is -1.81. The number of aromatic amines is 1. The maximum Gasteiger partial charge on any atom is 0.224 e. The Morgan fingerprint density at radius 2 is 1.88 bits per heavy atom. The number of nitrogens with one attached hydrogen (secondary N) is 2. The lowest BCUT2D eigenvalue weighted by molar-refractivity contribution is -0.121. The van der Waals surface area contributed by atoms with Crippen LogP contribution in [0, 0.1) is 0 Å². The molecule has 1 aromatic heterocycles. The Morgan fingerprint density at radius 3 is 2.67 bits per heavy atom. The molecule has 0 radical (unpaired) electrons. The minimum absolute atomic E-state index is 0.152. The molecule has 24 heavy (non-hydrogen) atoms. The molecule has 0 bridgehead atoms. The molecule has 2 aromatic rings. The number of para-hydroxylation sites is 1. The first-order valence-electron chi connectivity index (χ1n) is 9.38. The van der Waals surface area contributed by atoms with Gasteiger partial charge in [-0.25, -0.2) is 0 Å². The average Bonchev–Trinajstić information content (AvgIpc) is 3.26. The fourth-order valence-electron chi connectivity index (χ4n) is 4.41. The molecule has 4 rings (SSSR count). The van der Waals surface area contributed by atoms with Gasteiger partial charge in [-0.15, -0.1) is 0 Å². The Kier molecular flexibility index (Phi) is 4.56. The van der Waals surface area contributed by atoms with Gasteiger partial charge in [-0.05, 0) is 37.3 Å². The number of hydrogen-bond acceptors (Lipinski definition) is 2. The number of amides is 1. The third kappa shape index (κ3) is 3.34. The van der Waals surface area contributed by atoms with Crippen LogP contribution in [0.15, 0.2) is 30.5 Å². The van der Waals surface area contributed by atoms with Crippen LogP contribution in [0.2, 0.25) is 0 Å². The van der Waals surface area contributed by atoms with E-state index in [0.29, 0.717) is 12.5 Å². The Labute approximate surface area is 143 Å². The number of carbonyl (C=O) groups excluding carboxylic acids is 1. The van der Waals surface area contributed by atoms with Gasteiger partial charge < -0.3 is 15.2 Å². The molecule has 0 spiro atoms. The smallest absolute Gasteiger partial charge is 0.224 e. The van der Waals surface area contributed by atoms with Gasteiger partial charge in [-0.1, -0.05) is 31.0 Å². The van der Waals surface area contributed by atoms with Crippen molar-refractivity contribution < 1.29 is 4.79 Å². The van der Waals surface area contributed by atoms with Crippen molar-refractivity contribution in [3.05, 3.63) is 36.0 Å². The lowest BCUT2D eigenvalue weighted by Gasteiger charge is -2.36. The zero-order valence-electron chi connectivity index (χ0n) is 14.3. The van der Waals surface area contributed by atoms with E-state index in [9.17, 15) is 4.79 Å². The first-order chi connectivity index (χ1) is 11.8. The summed E-state index contributed by atoms with van der Waals surface area (Å²) in [6.07, 6.45) is 10.2. The van der Waals surface area contributed by atoms with Crippen molar-refractivity contribution >= 4 is 16.8 Å². The van der Waals surface area contributed by atoms with Crippen molar-refractivity contribution in [2.75, 3.05) is 13.1 Å². The molecule has 4 heteroatoms. The van der Waals surface area contributed by atoms with Gasteiger partial charge >= 0.3 is 0 Å². The number of carbonyl (C=O) groups is 1. The van der Waals surface area contributed by atoms with E-state index in [1.807, 2.05) is 18.3 Å². The first-order valence-corrected chi connectivity index (χ1v) is 9.38. The number of benzene rings is 1. The minimum atomic E-state index is 0.152. The molecular weight excluding hydrogens is 298 g/mol. The number of aromatic nitrogens is 1. The normalized spacial score (nSPS) is 20.7. The number of piperidine rings is 1. The number of likely N-dealkylation sites (tertiary alicyclic amines) is 1. The Morgan fingerprint density at radius 1 is 1.12 bits per heavy atom. The SMILES string of the molecule is O=C(Cc1c[nH]c2ccccc12)NC1CCN(C2CCCC2)CC1. The molecule has 128 valence electrons. The van der Waals surface area contributed by atoms with Crippen LogP contribution in [-0.2, 0) is 11.2 Å². The number of hydrogen-bond donors (Lipinski definition) is 2. The Bertz CT molecular complexity index is 694. The molecule has 1 aliphatic heterocycles.